The molecule has 0 saturated heterocycles. The Morgan fingerprint density at radius 1 is 1.45 bits per heavy atom. The van der Waals surface area contributed by atoms with Crippen molar-refractivity contribution < 1.29 is 14.3 Å². The second-order valence-corrected chi connectivity index (χ2v) is 3.79. The summed E-state index contributed by atoms with van der Waals surface area (Å²) in [7, 11) is 1.46. The Morgan fingerprint density at radius 3 is 3.00 bits per heavy atom. The van der Waals surface area contributed by atoms with Crippen molar-refractivity contribution in [1.29, 1.82) is 5.26 Å². The van der Waals surface area contributed by atoms with Gasteiger partial charge in [-0.1, -0.05) is 6.07 Å². The molecule has 2 aromatic heterocycles. The maximum atomic E-state index is 11.0. The fourth-order valence-electron chi connectivity index (χ4n) is 1.57. The van der Waals surface area contributed by atoms with E-state index in [1.165, 1.54) is 25.6 Å². The van der Waals surface area contributed by atoms with E-state index in [1.54, 1.807) is 12.1 Å². The van der Waals surface area contributed by atoms with E-state index in [4.69, 9.17) is 14.7 Å². The van der Waals surface area contributed by atoms with E-state index in [9.17, 15) is 4.79 Å². The standard InChI is InChI=1S/C14H11N3O3/c1-19-14-5-11(8-18)13(7-17-14)20-9-10-3-2-4-16-12(10)6-15/h2-5,7-8H,9H2,1H3. The number of hydrogen-bond acceptors (Lipinski definition) is 6. The molecule has 0 radical (unpaired) electrons. The normalized spacial score (nSPS) is 9.60. The number of methoxy groups -OCH3 is 1. The number of aromatic nitrogens is 2. The van der Waals surface area contributed by atoms with Crippen LogP contribution in [0.15, 0.2) is 30.6 Å². The second kappa shape index (κ2) is 6.29. The van der Waals surface area contributed by atoms with Crippen molar-refractivity contribution >= 4 is 6.29 Å². The Balaban J connectivity index is 2.19. The first-order chi connectivity index (χ1) is 9.78. The highest BCUT2D eigenvalue weighted by Gasteiger charge is 2.08. The summed E-state index contributed by atoms with van der Waals surface area (Å²) in [5.41, 5.74) is 1.27. The van der Waals surface area contributed by atoms with Crippen LogP contribution in [0.3, 0.4) is 0 Å². The molecule has 2 aromatic rings. The van der Waals surface area contributed by atoms with Crippen molar-refractivity contribution in [3.8, 4) is 17.7 Å². The quantitative estimate of drug-likeness (QED) is 0.769. The minimum Gasteiger partial charge on any atom is -0.486 e. The van der Waals surface area contributed by atoms with Crippen LogP contribution in [-0.2, 0) is 6.61 Å². The lowest BCUT2D eigenvalue weighted by atomic mass is 10.2. The number of carbonyl (C=O) groups is 1. The summed E-state index contributed by atoms with van der Waals surface area (Å²) in [5, 5.41) is 8.93. The molecule has 20 heavy (non-hydrogen) atoms. The summed E-state index contributed by atoms with van der Waals surface area (Å²) in [6.07, 6.45) is 3.60. The molecule has 0 atom stereocenters. The number of aldehydes is 1. The van der Waals surface area contributed by atoms with Gasteiger partial charge in [-0.2, -0.15) is 5.26 Å². The molecule has 0 fully saturated rings. The van der Waals surface area contributed by atoms with E-state index in [1.807, 2.05) is 6.07 Å². The average molecular weight is 269 g/mol. The maximum Gasteiger partial charge on any atom is 0.213 e. The third kappa shape index (κ3) is 2.90. The van der Waals surface area contributed by atoms with Crippen LogP contribution in [0.1, 0.15) is 21.6 Å². The van der Waals surface area contributed by atoms with Gasteiger partial charge in [0.15, 0.2) is 6.29 Å². The molecular weight excluding hydrogens is 258 g/mol. The zero-order valence-corrected chi connectivity index (χ0v) is 10.7. The van der Waals surface area contributed by atoms with E-state index < -0.39 is 0 Å². The summed E-state index contributed by atoms with van der Waals surface area (Å²) < 4.78 is 10.4. The first kappa shape index (κ1) is 13.5. The van der Waals surface area contributed by atoms with Gasteiger partial charge in [0.1, 0.15) is 24.1 Å². The topological polar surface area (TPSA) is 85.1 Å². The molecule has 0 aliphatic carbocycles. The predicted octanol–water partition coefficient (Wildman–Crippen LogP) is 1.75. The van der Waals surface area contributed by atoms with Crippen LogP contribution in [0.25, 0.3) is 0 Å². The van der Waals surface area contributed by atoms with Gasteiger partial charge in [0, 0.05) is 17.8 Å². The first-order valence-electron chi connectivity index (χ1n) is 5.74. The van der Waals surface area contributed by atoms with E-state index in [0.717, 1.165) is 0 Å². The Hall–Kier alpha value is -2.94. The Kier molecular flexibility index (Phi) is 4.24. The monoisotopic (exact) mass is 269 g/mol. The number of pyridine rings is 2. The number of ether oxygens (including phenoxy) is 2. The van der Waals surface area contributed by atoms with Gasteiger partial charge in [-0.05, 0) is 6.07 Å². The minimum atomic E-state index is 0.131. The van der Waals surface area contributed by atoms with Crippen LogP contribution >= 0.6 is 0 Å². The molecule has 0 N–H and O–H groups in total. The molecule has 0 saturated carbocycles. The molecule has 0 amide bonds. The van der Waals surface area contributed by atoms with Crippen molar-refractivity contribution in [3.05, 3.63) is 47.4 Å². The van der Waals surface area contributed by atoms with Crippen LogP contribution in [0.5, 0.6) is 11.6 Å². The van der Waals surface area contributed by atoms with Crippen molar-refractivity contribution in [3.63, 3.8) is 0 Å². The van der Waals surface area contributed by atoms with Crippen molar-refractivity contribution in [2.45, 2.75) is 6.61 Å². The third-order valence-corrected chi connectivity index (χ3v) is 2.59. The summed E-state index contributed by atoms with van der Waals surface area (Å²) in [4.78, 5) is 18.9. The highest BCUT2D eigenvalue weighted by atomic mass is 16.5. The van der Waals surface area contributed by atoms with Gasteiger partial charge < -0.3 is 9.47 Å². The van der Waals surface area contributed by atoms with Crippen LogP contribution in [0.4, 0.5) is 0 Å². The van der Waals surface area contributed by atoms with Crippen molar-refractivity contribution in [2.24, 2.45) is 0 Å². The first-order valence-corrected chi connectivity index (χ1v) is 5.74. The summed E-state index contributed by atoms with van der Waals surface area (Å²) in [6, 6.07) is 6.92. The molecule has 0 bridgehead atoms. The maximum absolute atomic E-state index is 11.0. The highest BCUT2D eigenvalue weighted by Crippen LogP contribution is 2.21. The molecular formula is C14H11N3O3. The van der Waals surface area contributed by atoms with Crippen molar-refractivity contribution in [2.75, 3.05) is 7.11 Å². The van der Waals surface area contributed by atoms with Crippen molar-refractivity contribution in [1.82, 2.24) is 9.97 Å². The molecule has 6 nitrogen and oxygen atoms in total. The highest BCUT2D eigenvalue weighted by molar-refractivity contribution is 5.79. The SMILES string of the molecule is COc1cc(C=O)c(OCc2cccnc2C#N)cn1. The van der Waals surface area contributed by atoms with E-state index >= 15 is 0 Å². The van der Waals surface area contributed by atoms with Gasteiger partial charge in [-0.3, -0.25) is 4.79 Å². The number of nitriles is 1. The third-order valence-electron chi connectivity index (χ3n) is 2.59. The largest absolute Gasteiger partial charge is 0.486 e. The molecule has 2 rings (SSSR count). The summed E-state index contributed by atoms with van der Waals surface area (Å²) in [5.74, 6) is 0.659. The van der Waals surface area contributed by atoms with E-state index in [2.05, 4.69) is 9.97 Å². The molecule has 0 aromatic carbocycles. The van der Waals surface area contributed by atoms with Gasteiger partial charge in [0.05, 0.1) is 18.9 Å². The number of hydrogen-bond donors (Lipinski definition) is 0. The Morgan fingerprint density at radius 2 is 2.30 bits per heavy atom. The minimum absolute atomic E-state index is 0.131. The lowest BCUT2D eigenvalue weighted by Gasteiger charge is -2.09. The molecule has 100 valence electrons. The van der Waals surface area contributed by atoms with E-state index in [0.29, 0.717) is 34.7 Å². The number of nitrogens with zero attached hydrogens (tertiary/aromatic N) is 3. The van der Waals surface area contributed by atoms with Crippen LogP contribution in [-0.4, -0.2) is 23.4 Å². The Bertz CT molecular complexity index is 665. The van der Waals surface area contributed by atoms with Crippen LogP contribution < -0.4 is 9.47 Å². The summed E-state index contributed by atoms with van der Waals surface area (Å²) in [6.45, 7) is 0.131. The molecule has 0 aliphatic rings. The lowest BCUT2D eigenvalue weighted by Crippen LogP contribution is -2.02. The fourth-order valence-corrected chi connectivity index (χ4v) is 1.57. The van der Waals surface area contributed by atoms with Gasteiger partial charge in [-0.25, -0.2) is 9.97 Å². The molecule has 0 spiro atoms. The second-order valence-electron chi connectivity index (χ2n) is 3.79. The van der Waals surface area contributed by atoms with Gasteiger partial charge in [0.25, 0.3) is 0 Å². The Labute approximate surface area is 115 Å². The van der Waals surface area contributed by atoms with Gasteiger partial charge >= 0.3 is 0 Å². The molecule has 6 heteroatoms. The number of rotatable bonds is 5. The number of carbonyl (C=O) groups excluding carboxylic acids is 1. The fraction of sp³-hybridized carbons (Fsp3) is 0.143. The van der Waals surface area contributed by atoms with Crippen LogP contribution in [0, 0.1) is 11.3 Å². The summed E-state index contributed by atoms with van der Waals surface area (Å²) >= 11 is 0. The predicted molar refractivity (Wildman–Crippen MR) is 69.5 cm³/mol. The molecule has 0 aliphatic heterocycles. The molecule has 0 unspecified atom stereocenters. The average Bonchev–Trinajstić information content (AvgIpc) is 2.52. The van der Waals surface area contributed by atoms with E-state index in [-0.39, 0.29) is 6.61 Å². The zero-order chi connectivity index (χ0) is 14.4. The zero-order valence-electron chi connectivity index (χ0n) is 10.7. The lowest BCUT2D eigenvalue weighted by molar-refractivity contribution is 0.111. The molecule has 2 heterocycles. The van der Waals surface area contributed by atoms with Gasteiger partial charge in [-0.15, -0.1) is 0 Å². The van der Waals surface area contributed by atoms with Crippen LogP contribution in [0.2, 0.25) is 0 Å². The van der Waals surface area contributed by atoms with Gasteiger partial charge in [0.2, 0.25) is 5.88 Å². The smallest absolute Gasteiger partial charge is 0.213 e.